The molecule has 0 aliphatic carbocycles. The minimum atomic E-state index is -0.0787. The molecule has 9 nitrogen and oxygen atoms in total. The molecular weight excluding hydrogens is 346 g/mol. The molecule has 0 bridgehead atoms. The van der Waals surface area contributed by atoms with E-state index in [2.05, 4.69) is 34.8 Å². The molecule has 0 unspecified atom stereocenters. The molecule has 0 radical (unpaired) electrons. The van der Waals surface area contributed by atoms with Crippen LogP contribution in [0.5, 0.6) is 0 Å². The van der Waals surface area contributed by atoms with E-state index < -0.39 is 0 Å². The van der Waals surface area contributed by atoms with Crippen LogP contribution in [0.3, 0.4) is 0 Å². The van der Waals surface area contributed by atoms with Gasteiger partial charge in [0.25, 0.3) is 5.56 Å². The van der Waals surface area contributed by atoms with Crippen molar-refractivity contribution < 1.29 is 4.63 Å². The lowest BCUT2D eigenvalue weighted by atomic mass is 10.2. The molecule has 0 saturated carbocycles. The van der Waals surface area contributed by atoms with Crippen molar-refractivity contribution in [3.8, 4) is 11.3 Å². The number of piperazine rings is 1. The van der Waals surface area contributed by atoms with Crippen LogP contribution in [0.25, 0.3) is 11.3 Å². The maximum atomic E-state index is 12.1. The van der Waals surface area contributed by atoms with Gasteiger partial charge in [0.2, 0.25) is 0 Å². The van der Waals surface area contributed by atoms with Crippen molar-refractivity contribution in [3.63, 3.8) is 0 Å². The van der Waals surface area contributed by atoms with Gasteiger partial charge in [0.15, 0.2) is 0 Å². The summed E-state index contributed by atoms with van der Waals surface area (Å²) in [5.41, 5.74) is 2.51. The molecule has 1 fully saturated rings. The topological polar surface area (TPSA) is 93.2 Å². The van der Waals surface area contributed by atoms with Gasteiger partial charge in [-0.1, -0.05) is 10.3 Å². The monoisotopic (exact) mass is 367 g/mol. The number of aromatic nitrogens is 5. The van der Waals surface area contributed by atoms with Crippen molar-refractivity contribution in [2.24, 2.45) is 0 Å². The Morgan fingerprint density at radius 2 is 1.74 bits per heavy atom. The minimum absolute atomic E-state index is 0.0787. The molecule has 0 atom stereocenters. The average Bonchev–Trinajstić information content (AvgIpc) is 3.22. The summed E-state index contributed by atoms with van der Waals surface area (Å²) in [6.07, 6.45) is 5.10. The van der Waals surface area contributed by atoms with Gasteiger partial charge in [-0.3, -0.25) is 19.6 Å². The zero-order valence-electron chi connectivity index (χ0n) is 14.9. The van der Waals surface area contributed by atoms with Gasteiger partial charge in [0.05, 0.1) is 18.4 Å². The molecule has 0 aromatic carbocycles. The third-order valence-electron chi connectivity index (χ3n) is 4.73. The number of rotatable bonds is 6. The molecule has 1 aliphatic rings. The van der Waals surface area contributed by atoms with Gasteiger partial charge >= 0.3 is 0 Å². The van der Waals surface area contributed by atoms with Crippen molar-refractivity contribution >= 4 is 0 Å². The molecule has 0 spiro atoms. The van der Waals surface area contributed by atoms with Crippen LogP contribution in [-0.4, -0.2) is 67.6 Å². The molecule has 4 heterocycles. The van der Waals surface area contributed by atoms with Gasteiger partial charge in [0, 0.05) is 63.3 Å². The quantitative estimate of drug-likeness (QED) is 0.622. The van der Waals surface area contributed by atoms with E-state index in [0.717, 1.165) is 56.2 Å². The minimum Gasteiger partial charge on any atom is -0.299 e. The predicted octanol–water partition coefficient (Wildman–Crippen LogP) is 0.506. The predicted molar refractivity (Wildman–Crippen MR) is 97.7 cm³/mol. The Morgan fingerprint density at radius 1 is 0.963 bits per heavy atom. The maximum Gasteiger partial charge on any atom is 0.266 e. The van der Waals surface area contributed by atoms with Crippen LogP contribution >= 0.6 is 0 Å². The van der Waals surface area contributed by atoms with Crippen LogP contribution < -0.4 is 5.56 Å². The Balaban J connectivity index is 1.32. The summed E-state index contributed by atoms with van der Waals surface area (Å²) in [4.78, 5) is 20.8. The summed E-state index contributed by atoms with van der Waals surface area (Å²) in [7, 11) is 0. The first-order valence-corrected chi connectivity index (χ1v) is 8.98. The lowest BCUT2D eigenvalue weighted by molar-refractivity contribution is 0.120. The molecule has 3 aromatic rings. The summed E-state index contributed by atoms with van der Waals surface area (Å²) in [5.74, 6) is 0. The molecule has 1 saturated heterocycles. The third kappa shape index (κ3) is 4.44. The standard InChI is InChI=1S/C18H21N7O2/c26-18-2-1-17(15-3-5-19-6-4-15)21-25(18)12-11-23-7-9-24(10-8-23)14-16-13-20-27-22-16/h1-6,13H,7-12,14H2. The van der Waals surface area contributed by atoms with Crippen LogP contribution in [0.2, 0.25) is 0 Å². The first-order valence-electron chi connectivity index (χ1n) is 8.98. The number of pyridine rings is 1. The van der Waals surface area contributed by atoms with E-state index in [9.17, 15) is 4.79 Å². The average molecular weight is 367 g/mol. The maximum absolute atomic E-state index is 12.1. The second kappa shape index (κ2) is 8.19. The van der Waals surface area contributed by atoms with Crippen LogP contribution in [0.4, 0.5) is 0 Å². The van der Waals surface area contributed by atoms with Crippen molar-refractivity contribution in [2.45, 2.75) is 13.1 Å². The fraction of sp³-hybridized carbons (Fsp3) is 0.389. The largest absolute Gasteiger partial charge is 0.299 e. The number of hydrogen-bond acceptors (Lipinski definition) is 8. The lowest BCUT2D eigenvalue weighted by Crippen LogP contribution is -2.47. The van der Waals surface area contributed by atoms with E-state index in [4.69, 9.17) is 0 Å². The zero-order valence-corrected chi connectivity index (χ0v) is 14.9. The van der Waals surface area contributed by atoms with E-state index in [1.54, 1.807) is 35.4 Å². The number of hydrogen-bond donors (Lipinski definition) is 0. The van der Waals surface area contributed by atoms with E-state index in [-0.39, 0.29) is 5.56 Å². The molecule has 140 valence electrons. The highest BCUT2D eigenvalue weighted by Crippen LogP contribution is 2.13. The molecule has 9 heteroatoms. The first kappa shape index (κ1) is 17.5. The number of nitrogens with zero attached hydrogens (tertiary/aromatic N) is 7. The summed E-state index contributed by atoms with van der Waals surface area (Å²) in [6, 6.07) is 7.11. The van der Waals surface area contributed by atoms with E-state index in [1.807, 2.05) is 12.1 Å². The third-order valence-corrected chi connectivity index (χ3v) is 4.73. The highest BCUT2D eigenvalue weighted by molar-refractivity contribution is 5.56. The molecule has 0 amide bonds. The highest BCUT2D eigenvalue weighted by atomic mass is 16.6. The Bertz CT molecular complexity index is 903. The molecule has 4 rings (SSSR count). The van der Waals surface area contributed by atoms with E-state index >= 15 is 0 Å². The molecular formula is C18H21N7O2. The van der Waals surface area contributed by atoms with E-state index in [1.165, 1.54) is 0 Å². The van der Waals surface area contributed by atoms with Gasteiger partial charge in [0.1, 0.15) is 5.69 Å². The zero-order chi connectivity index (χ0) is 18.5. The molecule has 3 aromatic heterocycles. The summed E-state index contributed by atoms with van der Waals surface area (Å²) in [6.45, 7) is 5.93. The normalized spacial score (nSPS) is 15.9. The summed E-state index contributed by atoms with van der Waals surface area (Å²) in [5, 5.41) is 12.0. The van der Waals surface area contributed by atoms with Crippen LogP contribution in [0.15, 0.2) is 52.3 Å². The second-order valence-electron chi connectivity index (χ2n) is 6.53. The molecule has 27 heavy (non-hydrogen) atoms. The first-order chi connectivity index (χ1) is 13.3. The van der Waals surface area contributed by atoms with Crippen molar-refractivity contribution in [1.82, 2.24) is 34.9 Å². The fourth-order valence-electron chi connectivity index (χ4n) is 3.18. The fourth-order valence-corrected chi connectivity index (χ4v) is 3.18. The van der Waals surface area contributed by atoms with Crippen LogP contribution in [0, 0.1) is 0 Å². The van der Waals surface area contributed by atoms with Gasteiger partial charge in [-0.15, -0.1) is 0 Å². The molecule has 1 aliphatic heterocycles. The second-order valence-corrected chi connectivity index (χ2v) is 6.53. The Hall–Kier alpha value is -2.91. The molecule has 0 N–H and O–H groups in total. The SMILES string of the molecule is O=c1ccc(-c2ccncc2)nn1CCN1CCN(Cc2cnon2)CC1. The van der Waals surface area contributed by atoms with Crippen molar-refractivity contribution in [1.29, 1.82) is 0 Å². The summed E-state index contributed by atoms with van der Waals surface area (Å²) >= 11 is 0. The van der Waals surface area contributed by atoms with Gasteiger partial charge in [-0.2, -0.15) is 5.10 Å². The van der Waals surface area contributed by atoms with Gasteiger partial charge in [-0.25, -0.2) is 9.31 Å². The smallest absolute Gasteiger partial charge is 0.266 e. The summed E-state index contributed by atoms with van der Waals surface area (Å²) < 4.78 is 6.18. The van der Waals surface area contributed by atoms with Gasteiger partial charge < -0.3 is 0 Å². The Morgan fingerprint density at radius 3 is 2.48 bits per heavy atom. The van der Waals surface area contributed by atoms with Crippen LogP contribution in [0.1, 0.15) is 5.69 Å². The van der Waals surface area contributed by atoms with E-state index in [0.29, 0.717) is 6.54 Å². The Kier molecular flexibility index (Phi) is 5.31. The lowest BCUT2D eigenvalue weighted by Gasteiger charge is -2.34. The van der Waals surface area contributed by atoms with Crippen molar-refractivity contribution in [3.05, 3.63) is 58.9 Å². The highest BCUT2D eigenvalue weighted by Gasteiger charge is 2.18. The van der Waals surface area contributed by atoms with Crippen molar-refractivity contribution in [2.75, 3.05) is 32.7 Å². The van der Waals surface area contributed by atoms with Gasteiger partial charge in [-0.05, 0) is 18.2 Å². The Labute approximate surface area is 156 Å². The van der Waals surface area contributed by atoms with Crippen LogP contribution in [-0.2, 0) is 13.1 Å².